The molecule has 188 valence electrons. The highest BCUT2D eigenvalue weighted by atomic mass is 16.5. The Morgan fingerprint density at radius 1 is 1.38 bits per heavy atom. The van der Waals surface area contributed by atoms with Gasteiger partial charge in [-0.1, -0.05) is 31.6 Å². The van der Waals surface area contributed by atoms with Crippen molar-refractivity contribution in [1.82, 2.24) is 15.1 Å². The first-order chi connectivity index (χ1) is 16.5. The summed E-state index contributed by atoms with van der Waals surface area (Å²) in [6.45, 7) is 8.81. The lowest BCUT2D eigenvalue weighted by Crippen LogP contribution is -2.38. The lowest BCUT2D eigenvalue weighted by atomic mass is 9.94. The Kier molecular flexibility index (Phi) is 9.81. The molecule has 7 nitrogen and oxygen atoms in total. The van der Waals surface area contributed by atoms with Gasteiger partial charge in [0.05, 0.1) is 17.8 Å². The molecular formula is C27H43N5O2. The monoisotopic (exact) mass is 469 g/mol. The summed E-state index contributed by atoms with van der Waals surface area (Å²) in [5.74, 6) is 1.25. The number of nitrogens with two attached hydrogens (primary N) is 1. The number of unbranched alkanes of at least 4 members (excludes halogenated alkanes) is 1. The number of hydrogen-bond acceptors (Lipinski definition) is 7. The summed E-state index contributed by atoms with van der Waals surface area (Å²) in [7, 11) is 1.82. The minimum Gasteiger partial charge on any atom is -0.478 e. The van der Waals surface area contributed by atoms with Crippen molar-refractivity contribution in [3.05, 3.63) is 47.6 Å². The number of carbonyl (C=O) groups is 1. The average molecular weight is 470 g/mol. The fraction of sp³-hybridized carbons (Fsp3) is 0.630. The molecule has 1 aliphatic heterocycles. The summed E-state index contributed by atoms with van der Waals surface area (Å²) >= 11 is 0. The molecule has 1 saturated heterocycles. The van der Waals surface area contributed by atoms with Crippen molar-refractivity contribution >= 4 is 12.2 Å². The Morgan fingerprint density at radius 3 is 2.79 bits per heavy atom. The third kappa shape index (κ3) is 7.49. The van der Waals surface area contributed by atoms with E-state index in [4.69, 9.17) is 10.5 Å². The first kappa shape index (κ1) is 26.1. The minimum absolute atomic E-state index is 0.377. The summed E-state index contributed by atoms with van der Waals surface area (Å²) in [6.07, 6.45) is 19.3. The largest absolute Gasteiger partial charge is 0.478 e. The second-order valence-corrected chi connectivity index (χ2v) is 9.72. The van der Waals surface area contributed by atoms with Crippen LogP contribution < -0.4 is 11.1 Å². The maximum absolute atomic E-state index is 12.0. The molecule has 0 radical (unpaired) electrons. The molecule has 3 N–H and O–H groups in total. The molecule has 1 atom stereocenters. The number of aldehydes is 1. The van der Waals surface area contributed by atoms with E-state index < -0.39 is 5.54 Å². The zero-order valence-electron chi connectivity index (χ0n) is 21.3. The SMILES string of the molecule is CCCCOC(/C=C/N(CC1C=C(CN2CCCC2)C=CC1)C1(C=O)CC1)=N/C(N)=C(\C)NC. The van der Waals surface area contributed by atoms with Crippen LogP contribution in [0, 0.1) is 5.92 Å². The summed E-state index contributed by atoms with van der Waals surface area (Å²) in [6, 6.07) is 0. The van der Waals surface area contributed by atoms with Gasteiger partial charge in [-0.2, -0.15) is 4.99 Å². The first-order valence-corrected chi connectivity index (χ1v) is 12.9. The molecule has 0 aromatic heterocycles. The highest BCUT2D eigenvalue weighted by Gasteiger charge is 2.47. The van der Waals surface area contributed by atoms with E-state index in [1.807, 2.05) is 26.2 Å². The molecule has 3 rings (SSSR count). The third-order valence-corrected chi connectivity index (χ3v) is 6.95. The molecule has 3 aliphatic rings. The molecule has 7 heteroatoms. The van der Waals surface area contributed by atoms with Crippen LogP contribution in [0.3, 0.4) is 0 Å². The summed E-state index contributed by atoms with van der Waals surface area (Å²) in [5.41, 5.74) is 7.90. The van der Waals surface area contributed by atoms with Gasteiger partial charge in [0.2, 0.25) is 5.90 Å². The fourth-order valence-corrected chi connectivity index (χ4v) is 4.42. The Labute approximate surface area is 205 Å². The maximum atomic E-state index is 12.0. The van der Waals surface area contributed by atoms with Crippen LogP contribution >= 0.6 is 0 Å². The zero-order chi connectivity index (χ0) is 24.4. The Hall–Kier alpha value is -2.54. The highest BCUT2D eigenvalue weighted by molar-refractivity contribution is 5.88. The van der Waals surface area contributed by atoms with Gasteiger partial charge >= 0.3 is 0 Å². The number of allylic oxidation sites excluding steroid dienone is 2. The Morgan fingerprint density at radius 2 is 2.15 bits per heavy atom. The summed E-state index contributed by atoms with van der Waals surface area (Å²) < 4.78 is 5.92. The molecule has 0 bridgehead atoms. The van der Waals surface area contributed by atoms with Crippen molar-refractivity contribution in [3.8, 4) is 0 Å². The van der Waals surface area contributed by atoms with E-state index in [1.54, 1.807) is 0 Å². The van der Waals surface area contributed by atoms with E-state index in [0.717, 1.165) is 57.2 Å². The van der Waals surface area contributed by atoms with E-state index in [2.05, 4.69) is 45.3 Å². The normalized spacial score (nSPS) is 23.0. The molecule has 2 fully saturated rings. The van der Waals surface area contributed by atoms with Gasteiger partial charge in [0.1, 0.15) is 12.1 Å². The van der Waals surface area contributed by atoms with E-state index in [1.165, 1.54) is 31.5 Å². The lowest BCUT2D eigenvalue weighted by Gasteiger charge is -2.31. The molecule has 0 aromatic rings. The molecular weight excluding hydrogens is 426 g/mol. The molecule has 34 heavy (non-hydrogen) atoms. The number of nitrogens with one attached hydrogen (secondary N) is 1. The number of nitrogens with zero attached hydrogens (tertiary/aromatic N) is 3. The van der Waals surface area contributed by atoms with Crippen LogP contribution in [0.25, 0.3) is 0 Å². The number of carbonyl (C=O) groups excluding carboxylic acids is 1. The fourth-order valence-electron chi connectivity index (χ4n) is 4.42. The van der Waals surface area contributed by atoms with Crippen molar-refractivity contribution in [2.45, 2.75) is 64.3 Å². The molecule has 1 saturated carbocycles. The van der Waals surface area contributed by atoms with Gasteiger partial charge in [-0.25, -0.2) is 0 Å². The lowest BCUT2D eigenvalue weighted by molar-refractivity contribution is -0.112. The first-order valence-electron chi connectivity index (χ1n) is 12.9. The quantitative estimate of drug-likeness (QED) is 0.185. The highest BCUT2D eigenvalue weighted by Crippen LogP contribution is 2.41. The molecule has 2 aliphatic carbocycles. The van der Waals surface area contributed by atoms with Crippen molar-refractivity contribution in [2.24, 2.45) is 16.6 Å². The number of aliphatic imine (C=N–C) groups is 1. The topological polar surface area (TPSA) is 83.2 Å². The van der Waals surface area contributed by atoms with Gasteiger partial charge in [-0.15, -0.1) is 0 Å². The van der Waals surface area contributed by atoms with Crippen LogP contribution in [0.5, 0.6) is 0 Å². The molecule has 0 amide bonds. The second kappa shape index (κ2) is 12.8. The molecule has 0 aromatic carbocycles. The van der Waals surface area contributed by atoms with E-state index in [-0.39, 0.29) is 0 Å². The van der Waals surface area contributed by atoms with Gasteiger partial charge in [0.15, 0.2) is 0 Å². The molecule has 0 spiro atoms. The van der Waals surface area contributed by atoms with E-state index in [0.29, 0.717) is 24.2 Å². The van der Waals surface area contributed by atoms with Crippen LogP contribution in [0.2, 0.25) is 0 Å². The number of hydrogen-bond donors (Lipinski definition) is 2. The van der Waals surface area contributed by atoms with E-state index >= 15 is 0 Å². The van der Waals surface area contributed by atoms with Crippen molar-refractivity contribution in [1.29, 1.82) is 0 Å². The van der Waals surface area contributed by atoms with Crippen LogP contribution in [0.4, 0.5) is 0 Å². The van der Waals surface area contributed by atoms with Gasteiger partial charge in [0, 0.05) is 32.4 Å². The maximum Gasteiger partial charge on any atom is 0.216 e. The molecule has 1 unspecified atom stereocenters. The standard InChI is InChI=1S/C27H43N5O2/c1-4-5-17-34-25(30-26(28)22(2)29-3)11-16-32(27(21-33)12-13-27)20-24-10-8-9-23(18-24)19-31-14-6-7-15-31/h8-9,11,16,18,21,24,29H,4-7,10,12-15,17,19-20,28H2,1-3H3/b16-11+,26-22+,30-25+. The predicted octanol–water partition coefficient (Wildman–Crippen LogP) is 3.71. The van der Waals surface area contributed by atoms with Gasteiger partial charge in [-0.05, 0) is 70.0 Å². The average Bonchev–Trinajstić information content (AvgIpc) is 3.48. The molecule has 1 heterocycles. The van der Waals surface area contributed by atoms with Gasteiger partial charge in [-0.3, -0.25) is 4.90 Å². The third-order valence-electron chi connectivity index (χ3n) is 6.95. The van der Waals surface area contributed by atoms with Crippen LogP contribution in [0.1, 0.15) is 58.8 Å². The number of ether oxygens (including phenoxy) is 1. The smallest absolute Gasteiger partial charge is 0.216 e. The van der Waals surface area contributed by atoms with Gasteiger partial charge in [0.25, 0.3) is 0 Å². The predicted molar refractivity (Wildman–Crippen MR) is 139 cm³/mol. The summed E-state index contributed by atoms with van der Waals surface area (Å²) in [5, 5.41) is 3.02. The Bertz CT molecular complexity index is 832. The minimum atomic E-state index is -0.405. The summed E-state index contributed by atoms with van der Waals surface area (Å²) in [4.78, 5) is 21.2. The number of rotatable bonds is 13. The number of likely N-dealkylation sites (tertiary alicyclic amines) is 1. The van der Waals surface area contributed by atoms with Crippen LogP contribution in [-0.2, 0) is 9.53 Å². The van der Waals surface area contributed by atoms with Gasteiger partial charge < -0.3 is 25.5 Å². The van der Waals surface area contributed by atoms with Crippen LogP contribution in [0.15, 0.2) is 52.6 Å². The van der Waals surface area contributed by atoms with Crippen molar-refractivity contribution < 1.29 is 9.53 Å². The van der Waals surface area contributed by atoms with Crippen molar-refractivity contribution in [3.63, 3.8) is 0 Å². The Balaban J connectivity index is 1.74. The van der Waals surface area contributed by atoms with Crippen molar-refractivity contribution in [2.75, 3.05) is 39.8 Å². The zero-order valence-corrected chi connectivity index (χ0v) is 21.3. The van der Waals surface area contributed by atoms with E-state index in [9.17, 15) is 4.79 Å². The van der Waals surface area contributed by atoms with Crippen LogP contribution in [-0.4, -0.2) is 67.4 Å². The second-order valence-electron chi connectivity index (χ2n) is 9.72.